The monoisotopic (exact) mass is 431 g/mol. The van der Waals surface area contributed by atoms with E-state index in [9.17, 15) is 9.90 Å². The van der Waals surface area contributed by atoms with E-state index in [1.807, 2.05) is 54.6 Å². The number of hydrogen-bond donors (Lipinski definition) is 1. The largest absolute Gasteiger partial charge is 0.481 e. The molecule has 0 amide bonds. The number of rotatable bonds is 9. The van der Waals surface area contributed by atoms with Crippen molar-refractivity contribution in [1.29, 1.82) is 0 Å². The summed E-state index contributed by atoms with van der Waals surface area (Å²) >= 11 is 0. The third kappa shape index (κ3) is 4.34. The fourth-order valence-corrected chi connectivity index (χ4v) is 4.69. The molecule has 5 nitrogen and oxygen atoms in total. The first-order valence-electron chi connectivity index (χ1n) is 11.0. The molecule has 1 aliphatic heterocycles. The molecule has 0 bridgehead atoms. The minimum Gasteiger partial charge on any atom is -0.481 e. The Labute approximate surface area is 189 Å². The van der Waals surface area contributed by atoms with Crippen molar-refractivity contribution >= 4 is 5.97 Å². The molecule has 0 radical (unpaired) electrons. The van der Waals surface area contributed by atoms with E-state index in [-0.39, 0.29) is 19.3 Å². The van der Waals surface area contributed by atoms with Gasteiger partial charge in [0, 0.05) is 12.6 Å². The Morgan fingerprint density at radius 2 is 1.66 bits per heavy atom. The van der Waals surface area contributed by atoms with Crippen LogP contribution in [0.15, 0.2) is 78.9 Å². The van der Waals surface area contributed by atoms with E-state index < -0.39 is 11.5 Å². The highest BCUT2D eigenvalue weighted by atomic mass is 16.7. The van der Waals surface area contributed by atoms with Crippen LogP contribution in [0.1, 0.15) is 49.4 Å². The normalized spacial score (nSPS) is 15.3. The van der Waals surface area contributed by atoms with Crippen molar-refractivity contribution in [2.75, 3.05) is 6.79 Å². The SMILES string of the molecule is CC[C@@](CC(=O)O)(c1ccc2c(c1)OCO2)N(Cc1ccccc1)[C@@H](C)c1ccccc1. The fraction of sp³-hybridized carbons (Fsp3) is 0.296. The minimum absolute atomic E-state index is 0.0128. The topological polar surface area (TPSA) is 59.0 Å². The molecular formula is C27H29NO4. The standard InChI is InChI=1S/C27H29NO4/c1-3-27(17-26(29)30,23-14-15-24-25(16-23)32-19-31-24)28(18-21-10-6-4-7-11-21)20(2)22-12-8-5-9-13-22/h4-16,20H,3,17-19H2,1-2H3,(H,29,30)/t20-,27+/m0/s1. The van der Waals surface area contributed by atoms with Crippen molar-refractivity contribution in [1.82, 2.24) is 4.90 Å². The van der Waals surface area contributed by atoms with Gasteiger partial charge in [-0.25, -0.2) is 0 Å². The number of nitrogens with zero attached hydrogens (tertiary/aromatic N) is 1. The summed E-state index contributed by atoms with van der Waals surface area (Å²) in [6.07, 6.45) is 0.607. The summed E-state index contributed by atoms with van der Waals surface area (Å²) in [4.78, 5) is 14.5. The Morgan fingerprint density at radius 1 is 1.00 bits per heavy atom. The van der Waals surface area contributed by atoms with Gasteiger partial charge in [0.25, 0.3) is 0 Å². The van der Waals surface area contributed by atoms with E-state index in [1.165, 1.54) is 0 Å². The van der Waals surface area contributed by atoms with Gasteiger partial charge < -0.3 is 14.6 Å². The van der Waals surface area contributed by atoms with Gasteiger partial charge in [-0.1, -0.05) is 73.7 Å². The van der Waals surface area contributed by atoms with E-state index >= 15 is 0 Å². The third-order valence-electron chi connectivity index (χ3n) is 6.43. The molecule has 3 aromatic carbocycles. The maximum Gasteiger partial charge on any atom is 0.305 e. The zero-order chi connectivity index (χ0) is 22.6. The van der Waals surface area contributed by atoms with Crippen LogP contribution in [0.5, 0.6) is 11.5 Å². The summed E-state index contributed by atoms with van der Waals surface area (Å²) < 4.78 is 11.1. The maximum atomic E-state index is 12.2. The van der Waals surface area contributed by atoms with E-state index in [4.69, 9.17) is 9.47 Å². The van der Waals surface area contributed by atoms with Crippen LogP contribution in [0, 0.1) is 0 Å². The Balaban J connectivity index is 1.86. The fourth-order valence-electron chi connectivity index (χ4n) is 4.69. The molecular weight excluding hydrogens is 402 g/mol. The van der Waals surface area contributed by atoms with Gasteiger partial charge in [0.2, 0.25) is 6.79 Å². The van der Waals surface area contributed by atoms with E-state index in [0.717, 1.165) is 16.7 Å². The zero-order valence-electron chi connectivity index (χ0n) is 18.5. The molecule has 2 atom stereocenters. The van der Waals surface area contributed by atoms with Crippen molar-refractivity contribution < 1.29 is 19.4 Å². The highest BCUT2D eigenvalue weighted by Gasteiger charge is 2.42. The summed E-state index contributed by atoms with van der Waals surface area (Å²) in [5, 5.41) is 10.0. The number of carboxylic acid groups (broad SMARTS) is 1. The number of hydrogen-bond acceptors (Lipinski definition) is 4. The molecule has 0 fully saturated rings. The molecule has 0 unspecified atom stereocenters. The summed E-state index contributed by atoms with van der Waals surface area (Å²) in [5.41, 5.74) is 2.47. The summed E-state index contributed by atoms with van der Waals surface area (Å²) in [6.45, 7) is 5.01. The molecule has 0 aromatic heterocycles. The van der Waals surface area contributed by atoms with Crippen LogP contribution in [0.3, 0.4) is 0 Å². The van der Waals surface area contributed by atoms with Crippen molar-refractivity contribution in [2.45, 2.75) is 44.8 Å². The average molecular weight is 432 g/mol. The van der Waals surface area contributed by atoms with E-state index in [2.05, 4.69) is 43.0 Å². The highest BCUT2D eigenvalue weighted by molar-refractivity contribution is 5.69. The third-order valence-corrected chi connectivity index (χ3v) is 6.43. The van der Waals surface area contributed by atoms with Crippen LogP contribution in [0.4, 0.5) is 0 Å². The molecule has 4 rings (SSSR count). The van der Waals surface area contributed by atoms with Gasteiger partial charge in [0.15, 0.2) is 11.5 Å². The molecule has 0 aliphatic carbocycles. The molecule has 1 aliphatic rings. The molecule has 166 valence electrons. The molecule has 1 heterocycles. The van der Waals surface area contributed by atoms with Gasteiger partial charge in [-0.2, -0.15) is 0 Å². The Morgan fingerprint density at radius 3 is 2.31 bits per heavy atom. The lowest BCUT2D eigenvalue weighted by atomic mass is 9.80. The number of carbonyl (C=O) groups is 1. The van der Waals surface area contributed by atoms with Gasteiger partial charge >= 0.3 is 5.97 Å². The first-order valence-corrected chi connectivity index (χ1v) is 11.0. The second kappa shape index (κ2) is 9.45. The van der Waals surface area contributed by atoms with Gasteiger partial charge in [0.1, 0.15) is 0 Å². The van der Waals surface area contributed by atoms with Gasteiger partial charge in [-0.05, 0) is 42.2 Å². The van der Waals surface area contributed by atoms with Crippen molar-refractivity contribution in [2.24, 2.45) is 0 Å². The molecule has 3 aromatic rings. The molecule has 5 heteroatoms. The van der Waals surface area contributed by atoms with Gasteiger partial charge in [0.05, 0.1) is 12.0 Å². The molecule has 0 spiro atoms. The van der Waals surface area contributed by atoms with Crippen LogP contribution < -0.4 is 9.47 Å². The van der Waals surface area contributed by atoms with Crippen molar-refractivity contribution in [3.05, 3.63) is 95.6 Å². The van der Waals surface area contributed by atoms with Crippen LogP contribution in [-0.4, -0.2) is 22.8 Å². The van der Waals surface area contributed by atoms with E-state index in [1.54, 1.807) is 0 Å². The molecule has 0 saturated carbocycles. The first kappa shape index (κ1) is 21.9. The lowest BCUT2D eigenvalue weighted by Crippen LogP contribution is -2.48. The lowest BCUT2D eigenvalue weighted by Gasteiger charge is -2.47. The second-order valence-corrected chi connectivity index (χ2v) is 8.22. The van der Waals surface area contributed by atoms with Crippen molar-refractivity contribution in [3.8, 4) is 11.5 Å². The van der Waals surface area contributed by atoms with Crippen LogP contribution in [0.2, 0.25) is 0 Å². The van der Waals surface area contributed by atoms with Crippen LogP contribution >= 0.6 is 0 Å². The average Bonchev–Trinajstić information content (AvgIpc) is 3.30. The van der Waals surface area contributed by atoms with E-state index in [0.29, 0.717) is 24.5 Å². The molecule has 32 heavy (non-hydrogen) atoms. The minimum atomic E-state index is -0.831. The van der Waals surface area contributed by atoms with Crippen LogP contribution in [0.25, 0.3) is 0 Å². The predicted molar refractivity (Wildman–Crippen MR) is 124 cm³/mol. The van der Waals surface area contributed by atoms with Gasteiger partial charge in [-0.15, -0.1) is 0 Å². The van der Waals surface area contributed by atoms with Gasteiger partial charge in [-0.3, -0.25) is 9.69 Å². The quantitative estimate of drug-likeness (QED) is 0.467. The lowest BCUT2D eigenvalue weighted by molar-refractivity contribution is -0.142. The zero-order valence-corrected chi connectivity index (χ0v) is 18.5. The first-order chi connectivity index (χ1) is 15.5. The number of ether oxygens (including phenoxy) is 2. The molecule has 1 N–H and O–H groups in total. The number of aliphatic carboxylic acids is 1. The summed E-state index contributed by atoms with van der Waals surface area (Å²) in [6, 6.07) is 26.3. The second-order valence-electron chi connectivity index (χ2n) is 8.22. The predicted octanol–water partition coefficient (Wildman–Crippen LogP) is 5.76. The Bertz CT molecular complexity index is 1050. The molecule has 0 saturated heterocycles. The number of benzene rings is 3. The number of fused-ring (bicyclic) bond motifs is 1. The Kier molecular flexibility index (Phi) is 6.47. The Hall–Kier alpha value is -3.31. The van der Waals surface area contributed by atoms with Crippen LogP contribution in [-0.2, 0) is 16.9 Å². The smallest absolute Gasteiger partial charge is 0.305 e. The van der Waals surface area contributed by atoms with Crippen molar-refractivity contribution in [3.63, 3.8) is 0 Å². The summed E-state index contributed by atoms with van der Waals surface area (Å²) in [5.74, 6) is 0.528. The number of carboxylic acids is 1. The maximum absolute atomic E-state index is 12.2. The highest BCUT2D eigenvalue weighted by Crippen LogP contribution is 2.45. The summed E-state index contributed by atoms with van der Waals surface area (Å²) in [7, 11) is 0.